The Morgan fingerprint density at radius 3 is 2.65 bits per heavy atom. The lowest BCUT2D eigenvalue weighted by Gasteiger charge is -2.16. The lowest BCUT2D eigenvalue weighted by molar-refractivity contribution is 0.244. The molecule has 0 aliphatic carbocycles. The SMILES string of the molecule is CC(C)Oc1cccc(Nc2ccc(F)c(Br)c2)c1N. The van der Waals surface area contributed by atoms with Crippen molar-refractivity contribution in [2.45, 2.75) is 20.0 Å². The maximum Gasteiger partial charge on any atom is 0.144 e. The number of rotatable bonds is 4. The second kappa shape index (κ2) is 6.13. The molecule has 5 heteroatoms. The molecular formula is C15H16BrFN2O. The topological polar surface area (TPSA) is 47.3 Å². The first-order valence-electron chi connectivity index (χ1n) is 6.24. The number of nitrogens with one attached hydrogen (secondary N) is 1. The molecule has 2 rings (SSSR count). The smallest absolute Gasteiger partial charge is 0.144 e. The van der Waals surface area contributed by atoms with Crippen LogP contribution in [0.4, 0.5) is 21.5 Å². The molecule has 0 spiro atoms. The van der Waals surface area contributed by atoms with Crippen molar-refractivity contribution in [1.29, 1.82) is 0 Å². The van der Waals surface area contributed by atoms with Crippen molar-refractivity contribution in [1.82, 2.24) is 0 Å². The Balaban J connectivity index is 2.27. The van der Waals surface area contributed by atoms with Gasteiger partial charge in [0.05, 0.1) is 22.0 Å². The second-order valence-corrected chi connectivity index (χ2v) is 5.49. The number of hydrogen-bond donors (Lipinski definition) is 2. The van der Waals surface area contributed by atoms with Gasteiger partial charge in [0, 0.05) is 5.69 Å². The summed E-state index contributed by atoms with van der Waals surface area (Å²) in [6.07, 6.45) is 0.0486. The van der Waals surface area contributed by atoms with Crippen LogP contribution in [0, 0.1) is 5.82 Å². The molecule has 0 aliphatic rings. The van der Waals surface area contributed by atoms with E-state index in [1.54, 1.807) is 12.1 Å². The monoisotopic (exact) mass is 338 g/mol. The fourth-order valence-corrected chi connectivity index (χ4v) is 2.12. The molecular weight excluding hydrogens is 323 g/mol. The lowest BCUT2D eigenvalue weighted by Crippen LogP contribution is -2.08. The molecule has 0 bridgehead atoms. The minimum atomic E-state index is -0.305. The number of para-hydroxylation sites is 1. The van der Waals surface area contributed by atoms with Crippen molar-refractivity contribution in [2.75, 3.05) is 11.1 Å². The Kier molecular flexibility index (Phi) is 4.49. The van der Waals surface area contributed by atoms with Crippen LogP contribution in [0.2, 0.25) is 0 Å². The van der Waals surface area contributed by atoms with Gasteiger partial charge in [0.15, 0.2) is 0 Å². The average molecular weight is 339 g/mol. The molecule has 0 amide bonds. The Labute approximate surface area is 126 Å². The largest absolute Gasteiger partial charge is 0.489 e. The van der Waals surface area contributed by atoms with Gasteiger partial charge in [-0.1, -0.05) is 6.07 Å². The lowest BCUT2D eigenvalue weighted by atomic mass is 10.2. The van der Waals surface area contributed by atoms with Crippen LogP contribution < -0.4 is 15.8 Å². The van der Waals surface area contributed by atoms with E-state index in [2.05, 4.69) is 21.2 Å². The highest BCUT2D eigenvalue weighted by Gasteiger charge is 2.08. The van der Waals surface area contributed by atoms with E-state index in [0.717, 1.165) is 11.4 Å². The van der Waals surface area contributed by atoms with E-state index in [1.165, 1.54) is 6.07 Å². The van der Waals surface area contributed by atoms with Gasteiger partial charge in [-0.15, -0.1) is 0 Å². The number of benzene rings is 2. The highest BCUT2D eigenvalue weighted by atomic mass is 79.9. The van der Waals surface area contributed by atoms with Crippen LogP contribution in [0.25, 0.3) is 0 Å². The van der Waals surface area contributed by atoms with E-state index < -0.39 is 0 Å². The van der Waals surface area contributed by atoms with Gasteiger partial charge in [-0.25, -0.2) is 4.39 Å². The van der Waals surface area contributed by atoms with Crippen LogP contribution in [0.3, 0.4) is 0 Å². The standard InChI is InChI=1S/C15H16BrFN2O/c1-9(2)20-14-5-3-4-13(15(14)18)19-10-6-7-12(17)11(16)8-10/h3-9,19H,18H2,1-2H3. The van der Waals surface area contributed by atoms with Crippen molar-refractivity contribution >= 4 is 33.0 Å². The molecule has 0 radical (unpaired) electrons. The third kappa shape index (κ3) is 3.42. The molecule has 0 saturated carbocycles. The first-order chi connectivity index (χ1) is 9.47. The van der Waals surface area contributed by atoms with Gasteiger partial charge in [-0.05, 0) is 60.1 Å². The van der Waals surface area contributed by atoms with E-state index in [-0.39, 0.29) is 11.9 Å². The molecule has 0 heterocycles. The predicted molar refractivity (Wildman–Crippen MR) is 84.0 cm³/mol. The molecule has 0 unspecified atom stereocenters. The van der Waals surface area contributed by atoms with Gasteiger partial charge < -0.3 is 15.8 Å². The number of halogens is 2. The van der Waals surface area contributed by atoms with Gasteiger partial charge in [0.1, 0.15) is 11.6 Å². The quantitative estimate of drug-likeness (QED) is 0.794. The fourth-order valence-electron chi connectivity index (χ4n) is 1.74. The molecule has 3 N–H and O–H groups in total. The Bertz CT molecular complexity index is 617. The van der Waals surface area contributed by atoms with Crippen molar-refractivity contribution in [3.8, 4) is 5.75 Å². The maximum absolute atomic E-state index is 13.2. The summed E-state index contributed by atoms with van der Waals surface area (Å²) in [4.78, 5) is 0. The number of nitrogens with two attached hydrogens (primary N) is 1. The molecule has 2 aromatic rings. The fraction of sp³-hybridized carbons (Fsp3) is 0.200. The average Bonchev–Trinajstić information content (AvgIpc) is 2.38. The molecule has 0 saturated heterocycles. The molecule has 0 atom stereocenters. The predicted octanol–water partition coefficient (Wildman–Crippen LogP) is 4.70. The van der Waals surface area contributed by atoms with Crippen LogP contribution >= 0.6 is 15.9 Å². The summed E-state index contributed by atoms with van der Waals surface area (Å²) in [5, 5.41) is 3.15. The summed E-state index contributed by atoms with van der Waals surface area (Å²) < 4.78 is 19.2. The van der Waals surface area contributed by atoms with E-state index in [9.17, 15) is 4.39 Å². The van der Waals surface area contributed by atoms with Crippen molar-refractivity contribution in [3.05, 3.63) is 46.7 Å². The summed E-state index contributed by atoms with van der Waals surface area (Å²) in [6, 6.07) is 10.2. The second-order valence-electron chi connectivity index (χ2n) is 4.64. The van der Waals surface area contributed by atoms with E-state index in [0.29, 0.717) is 15.9 Å². The van der Waals surface area contributed by atoms with Gasteiger partial charge in [0.2, 0.25) is 0 Å². The van der Waals surface area contributed by atoms with Gasteiger partial charge in [0.25, 0.3) is 0 Å². The zero-order valence-corrected chi connectivity index (χ0v) is 12.9. The van der Waals surface area contributed by atoms with Crippen LogP contribution in [-0.4, -0.2) is 6.10 Å². The van der Waals surface area contributed by atoms with Gasteiger partial charge in [-0.2, -0.15) is 0 Å². The summed E-state index contributed by atoms with van der Waals surface area (Å²) in [7, 11) is 0. The summed E-state index contributed by atoms with van der Waals surface area (Å²) in [6.45, 7) is 3.88. The summed E-state index contributed by atoms with van der Waals surface area (Å²) in [5.74, 6) is 0.326. The zero-order valence-electron chi connectivity index (χ0n) is 11.3. The number of hydrogen-bond acceptors (Lipinski definition) is 3. The van der Waals surface area contributed by atoms with Crippen LogP contribution in [0.1, 0.15) is 13.8 Å². The van der Waals surface area contributed by atoms with E-state index >= 15 is 0 Å². The Morgan fingerprint density at radius 1 is 1.25 bits per heavy atom. The summed E-state index contributed by atoms with van der Waals surface area (Å²) >= 11 is 3.15. The Morgan fingerprint density at radius 2 is 2.00 bits per heavy atom. The van der Waals surface area contributed by atoms with Crippen LogP contribution in [-0.2, 0) is 0 Å². The molecule has 106 valence electrons. The van der Waals surface area contributed by atoms with Gasteiger partial charge in [-0.3, -0.25) is 0 Å². The molecule has 0 fully saturated rings. The third-order valence-corrected chi connectivity index (χ3v) is 3.24. The normalized spacial score (nSPS) is 10.7. The first kappa shape index (κ1) is 14.7. The summed E-state index contributed by atoms with van der Waals surface area (Å²) in [5.41, 5.74) is 8.07. The molecule has 0 aliphatic heterocycles. The van der Waals surface area contributed by atoms with Crippen molar-refractivity contribution < 1.29 is 9.13 Å². The van der Waals surface area contributed by atoms with Crippen molar-refractivity contribution in [2.24, 2.45) is 0 Å². The minimum Gasteiger partial charge on any atom is -0.489 e. The van der Waals surface area contributed by atoms with E-state index in [1.807, 2.05) is 32.0 Å². The molecule has 20 heavy (non-hydrogen) atoms. The zero-order chi connectivity index (χ0) is 14.7. The highest BCUT2D eigenvalue weighted by Crippen LogP contribution is 2.33. The van der Waals surface area contributed by atoms with Crippen molar-refractivity contribution in [3.63, 3.8) is 0 Å². The number of nitrogen functional groups attached to an aromatic ring is 1. The minimum absolute atomic E-state index is 0.0486. The highest BCUT2D eigenvalue weighted by molar-refractivity contribution is 9.10. The molecule has 3 nitrogen and oxygen atoms in total. The Hall–Kier alpha value is -1.75. The number of ether oxygens (including phenoxy) is 1. The van der Waals surface area contributed by atoms with Crippen LogP contribution in [0.5, 0.6) is 5.75 Å². The molecule has 2 aromatic carbocycles. The first-order valence-corrected chi connectivity index (χ1v) is 7.04. The maximum atomic E-state index is 13.2. The van der Waals surface area contributed by atoms with E-state index in [4.69, 9.17) is 10.5 Å². The van der Waals surface area contributed by atoms with Crippen LogP contribution in [0.15, 0.2) is 40.9 Å². The van der Waals surface area contributed by atoms with Gasteiger partial charge >= 0.3 is 0 Å². The number of anilines is 3. The molecule has 0 aromatic heterocycles. The third-order valence-electron chi connectivity index (χ3n) is 2.63.